The Morgan fingerprint density at radius 3 is 2.83 bits per heavy atom. The van der Waals surface area contributed by atoms with Crippen LogP contribution in [0.15, 0.2) is 36.4 Å². The van der Waals surface area contributed by atoms with E-state index in [1.54, 1.807) is 7.11 Å². The first-order chi connectivity index (χ1) is 8.79. The molecule has 92 valence electrons. The Morgan fingerprint density at radius 1 is 1.28 bits per heavy atom. The molecule has 1 aliphatic heterocycles. The van der Waals surface area contributed by atoms with Crippen molar-refractivity contribution < 1.29 is 14.3 Å². The summed E-state index contributed by atoms with van der Waals surface area (Å²) in [5.41, 5.74) is 0.974. The minimum Gasteiger partial charge on any atom is -0.496 e. The van der Waals surface area contributed by atoms with Crippen LogP contribution in [0, 0.1) is 0 Å². The predicted octanol–water partition coefficient (Wildman–Crippen LogP) is 2.63. The van der Waals surface area contributed by atoms with Gasteiger partial charge in [-0.25, -0.2) is 4.79 Å². The van der Waals surface area contributed by atoms with Gasteiger partial charge in [-0.05, 0) is 16.8 Å². The molecule has 0 aliphatic carbocycles. The number of nitrogens with one attached hydrogen (secondary N) is 1. The Hall–Kier alpha value is -2.23. The van der Waals surface area contributed by atoms with Crippen LogP contribution in [0.5, 0.6) is 5.75 Å². The molecule has 1 fully saturated rings. The van der Waals surface area contributed by atoms with Crippen molar-refractivity contribution in [3.8, 4) is 5.75 Å². The summed E-state index contributed by atoms with van der Waals surface area (Å²) in [6.45, 7) is 0.337. The lowest BCUT2D eigenvalue weighted by molar-refractivity contribution is 0.177. The standard InChI is InChI=1S/C14H13NO3/c1-17-12-7-6-9-4-2-3-5-10(9)13(12)11-8-18-14(16)15-11/h2-7,11H,8H2,1H3,(H,15,16). The van der Waals surface area contributed by atoms with E-state index in [2.05, 4.69) is 5.32 Å². The van der Waals surface area contributed by atoms with E-state index >= 15 is 0 Å². The van der Waals surface area contributed by atoms with Crippen LogP contribution in [-0.2, 0) is 4.74 Å². The maximum absolute atomic E-state index is 11.2. The van der Waals surface area contributed by atoms with Crippen LogP contribution in [0.1, 0.15) is 11.6 Å². The van der Waals surface area contributed by atoms with Crippen molar-refractivity contribution in [1.29, 1.82) is 0 Å². The highest BCUT2D eigenvalue weighted by Gasteiger charge is 2.27. The summed E-state index contributed by atoms with van der Waals surface area (Å²) in [5, 5.41) is 4.99. The van der Waals surface area contributed by atoms with E-state index in [0.717, 1.165) is 22.1 Å². The lowest BCUT2D eigenvalue weighted by Gasteiger charge is -2.15. The first kappa shape index (κ1) is 10.9. The Labute approximate surface area is 105 Å². The van der Waals surface area contributed by atoms with Crippen molar-refractivity contribution >= 4 is 16.9 Å². The average molecular weight is 243 g/mol. The molecule has 0 saturated carbocycles. The summed E-state index contributed by atoms with van der Waals surface area (Å²) in [6, 6.07) is 11.8. The number of amides is 1. The molecule has 4 heteroatoms. The van der Waals surface area contributed by atoms with Crippen LogP contribution in [0.25, 0.3) is 10.8 Å². The number of ether oxygens (including phenoxy) is 2. The van der Waals surface area contributed by atoms with Gasteiger partial charge in [0.05, 0.1) is 13.2 Å². The molecule has 1 heterocycles. The van der Waals surface area contributed by atoms with E-state index in [1.165, 1.54) is 0 Å². The number of methoxy groups -OCH3 is 1. The van der Waals surface area contributed by atoms with E-state index in [-0.39, 0.29) is 12.1 Å². The smallest absolute Gasteiger partial charge is 0.407 e. The van der Waals surface area contributed by atoms with Gasteiger partial charge in [-0.3, -0.25) is 0 Å². The molecule has 1 amide bonds. The lowest BCUT2D eigenvalue weighted by atomic mass is 9.98. The lowest BCUT2D eigenvalue weighted by Crippen LogP contribution is -2.19. The minimum atomic E-state index is -0.380. The molecule has 1 aliphatic rings. The summed E-state index contributed by atoms with van der Waals surface area (Å²) < 4.78 is 10.4. The Morgan fingerprint density at radius 2 is 2.11 bits per heavy atom. The molecule has 0 spiro atoms. The van der Waals surface area contributed by atoms with Crippen molar-refractivity contribution in [3.63, 3.8) is 0 Å². The molecule has 18 heavy (non-hydrogen) atoms. The van der Waals surface area contributed by atoms with Crippen molar-refractivity contribution in [1.82, 2.24) is 5.32 Å². The third kappa shape index (κ3) is 1.66. The summed E-state index contributed by atoms with van der Waals surface area (Å²) in [6.07, 6.45) is -0.380. The van der Waals surface area contributed by atoms with E-state index in [0.29, 0.717) is 6.61 Å². The van der Waals surface area contributed by atoms with Crippen molar-refractivity contribution in [3.05, 3.63) is 42.0 Å². The second kappa shape index (κ2) is 4.22. The fourth-order valence-corrected chi connectivity index (χ4v) is 2.35. The predicted molar refractivity (Wildman–Crippen MR) is 67.7 cm³/mol. The zero-order valence-corrected chi connectivity index (χ0v) is 9.97. The molecule has 0 bridgehead atoms. The Bertz CT molecular complexity index is 609. The van der Waals surface area contributed by atoms with Gasteiger partial charge in [-0.15, -0.1) is 0 Å². The van der Waals surface area contributed by atoms with E-state index in [9.17, 15) is 4.79 Å². The number of hydrogen-bond donors (Lipinski definition) is 1. The topological polar surface area (TPSA) is 47.6 Å². The molecular weight excluding hydrogens is 230 g/mol. The van der Waals surface area contributed by atoms with Gasteiger partial charge in [0.25, 0.3) is 0 Å². The van der Waals surface area contributed by atoms with Crippen LogP contribution in [0.3, 0.4) is 0 Å². The van der Waals surface area contributed by atoms with Gasteiger partial charge in [-0.1, -0.05) is 30.3 Å². The molecule has 2 aromatic rings. The second-order valence-corrected chi connectivity index (χ2v) is 4.20. The fourth-order valence-electron chi connectivity index (χ4n) is 2.35. The highest BCUT2D eigenvalue weighted by atomic mass is 16.6. The van der Waals surface area contributed by atoms with E-state index < -0.39 is 0 Å². The highest BCUT2D eigenvalue weighted by molar-refractivity contribution is 5.89. The van der Waals surface area contributed by atoms with Gasteiger partial charge in [0, 0.05) is 5.56 Å². The third-order valence-electron chi connectivity index (χ3n) is 3.17. The number of carbonyl (C=O) groups is 1. The quantitative estimate of drug-likeness (QED) is 0.882. The van der Waals surface area contributed by atoms with Crippen molar-refractivity contribution in [2.75, 3.05) is 13.7 Å². The summed E-state index contributed by atoms with van der Waals surface area (Å²) >= 11 is 0. The Balaban J connectivity index is 2.20. The average Bonchev–Trinajstić information content (AvgIpc) is 2.83. The number of benzene rings is 2. The van der Waals surface area contributed by atoms with Gasteiger partial charge in [0.15, 0.2) is 0 Å². The normalized spacial score (nSPS) is 18.5. The zero-order valence-electron chi connectivity index (χ0n) is 9.97. The van der Waals surface area contributed by atoms with Gasteiger partial charge < -0.3 is 14.8 Å². The second-order valence-electron chi connectivity index (χ2n) is 4.20. The summed E-state index contributed by atoms with van der Waals surface area (Å²) in [7, 11) is 1.63. The molecular formula is C14H13NO3. The van der Waals surface area contributed by atoms with E-state index in [4.69, 9.17) is 9.47 Å². The highest BCUT2D eigenvalue weighted by Crippen LogP contribution is 2.34. The first-order valence-electron chi connectivity index (χ1n) is 5.78. The number of rotatable bonds is 2. The van der Waals surface area contributed by atoms with Gasteiger partial charge in [-0.2, -0.15) is 0 Å². The van der Waals surface area contributed by atoms with Crippen LogP contribution in [0.4, 0.5) is 4.79 Å². The molecule has 0 aromatic heterocycles. The van der Waals surface area contributed by atoms with Gasteiger partial charge in [0.1, 0.15) is 12.4 Å². The molecule has 1 atom stereocenters. The van der Waals surface area contributed by atoms with Crippen molar-refractivity contribution in [2.24, 2.45) is 0 Å². The summed E-state index contributed by atoms with van der Waals surface area (Å²) in [5.74, 6) is 0.768. The third-order valence-corrected chi connectivity index (χ3v) is 3.17. The molecule has 1 saturated heterocycles. The number of alkyl carbamates (subject to hydrolysis) is 1. The van der Waals surface area contributed by atoms with Crippen LogP contribution in [-0.4, -0.2) is 19.8 Å². The molecule has 1 N–H and O–H groups in total. The van der Waals surface area contributed by atoms with Crippen LogP contribution in [0.2, 0.25) is 0 Å². The SMILES string of the molecule is COc1ccc2ccccc2c1C1COC(=O)N1. The largest absolute Gasteiger partial charge is 0.496 e. The van der Waals surface area contributed by atoms with Gasteiger partial charge >= 0.3 is 6.09 Å². The number of cyclic esters (lactones) is 1. The number of fused-ring (bicyclic) bond motifs is 1. The molecule has 1 unspecified atom stereocenters. The zero-order chi connectivity index (χ0) is 12.5. The molecule has 0 radical (unpaired) electrons. The molecule has 4 nitrogen and oxygen atoms in total. The van der Waals surface area contributed by atoms with E-state index in [1.807, 2.05) is 36.4 Å². The fraction of sp³-hybridized carbons (Fsp3) is 0.214. The molecule has 3 rings (SSSR count). The van der Waals surface area contributed by atoms with Crippen LogP contribution < -0.4 is 10.1 Å². The minimum absolute atomic E-state index is 0.154. The number of hydrogen-bond acceptors (Lipinski definition) is 3. The Kier molecular flexibility index (Phi) is 2.55. The maximum Gasteiger partial charge on any atom is 0.407 e. The first-order valence-corrected chi connectivity index (χ1v) is 5.78. The van der Waals surface area contributed by atoms with Crippen LogP contribution >= 0.6 is 0 Å². The van der Waals surface area contributed by atoms with Crippen molar-refractivity contribution in [2.45, 2.75) is 6.04 Å². The number of carbonyl (C=O) groups excluding carboxylic acids is 1. The summed E-state index contributed by atoms with van der Waals surface area (Å²) in [4.78, 5) is 11.2. The maximum atomic E-state index is 11.2. The monoisotopic (exact) mass is 243 g/mol. The molecule has 2 aromatic carbocycles. The van der Waals surface area contributed by atoms with Gasteiger partial charge in [0.2, 0.25) is 0 Å².